The van der Waals surface area contributed by atoms with Gasteiger partial charge in [0.25, 0.3) is 0 Å². The summed E-state index contributed by atoms with van der Waals surface area (Å²) in [5.41, 5.74) is 2.84. The first-order chi connectivity index (χ1) is 11.6. The van der Waals surface area contributed by atoms with Crippen LogP contribution in [-0.2, 0) is 11.2 Å². The van der Waals surface area contributed by atoms with Crippen LogP contribution >= 0.6 is 15.9 Å². The number of hydrogen-bond acceptors (Lipinski definition) is 3. The number of oxazole rings is 1. The van der Waals surface area contributed by atoms with Gasteiger partial charge in [-0.05, 0) is 30.7 Å². The van der Waals surface area contributed by atoms with Crippen molar-refractivity contribution in [1.29, 1.82) is 0 Å². The second kappa shape index (κ2) is 7.45. The molecule has 0 spiro atoms. The second-order valence-corrected chi connectivity index (χ2v) is 6.35. The fourth-order valence-electron chi connectivity index (χ4n) is 2.33. The predicted octanol–water partition coefficient (Wildman–Crippen LogP) is 4.98. The Balaban J connectivity index is 1.56. The summed E-state index contributed by atoms with van der Waals surface area (Å²) in [6.07, 6.45) is 2.48. The molecule has 0 unspecified atom stereocenters. The van der Waals surface area contributed by atoms with Crippen molar-refractivity contribution in [3.05, 3.63) is 70.7 Å². The Labute approximate surface area is 149 Å². The van der Waals surface area contributed by atoms with Gasteiger partial charge in [-0.25, -0.2) is 4.98 Å². The summed E-state index contributed by atoms with van der Waals surface area (Å²) in [5, 5.41) is 2.89. The highest BCUT2D eigenvalue weighted by Gasteiger charge is 2.09. The van der Waals surface area contributed by atoms with Crippen molar-refractivity contribution in [3.63, 3.8) is 0 Å². The predicted molar refractivity (Wildman–Crippen MR) is 97.8 cm³/mol. The number of rotatable bonds is 5. The van der Waals surface area contributed by atoms with Crippen molar-refractivity contribution in [1.82, 2.24) is 4.98 Å². The van der Waals surface area contributed by atoms with Crippen LogP contribution in [0.4, 0.5) is 5.69 Å². The van der Waals surface area contributed by atoms with E-state index in [1.807, 2.05) is 55.5 Å². The standard InChI is InChI=1S/C19H17BrN2O2/c1-13-11-15(7-8-16(13)20)22-18(23)9-10-19-21-12-17(24-19)14-5-3-2-4-6-14/h2-8,11-12H,9-10H2,1H3,(H,22,23). The number of halogens is 1. The number of amides is 1. The number of benzene rings is 2. The maximum Gasteiger partial charge on any atom is 0.224 e. The summed E-state index contributed by atoms with van der Waals surface area (Å²) in [6, 6.07) is 15.5. The smallest absolute Gasteiger partial charge is 0.224 e. The van der Waals surface area contributed by atoms with Gasteiger partial charge in [0.05, 0.1) is 6.20 Å². The minimum Gasteiger partial charge on any atom is -0.441 e. The summed E-state index contributed by atoms with van der Waals surface area (Å²) in [7, 11) is 0. The minimum atomic E-state index is -0.0591. The highest BCUT2D eigenvalue weighted by Crippen LogP contribution is 2.21. The van der Waals surface area contributed by atoms with Gasteiger partial charge >= 0.3 is 0 Å². The topological polar surface area (TPSA) is 55.1 Å². The Morgan fingerprint density at radius 1 is 1.21 bits per heavy atom. The van der Waals surface area contributed by atoms with Gasteiger partial charge in [-0.3, -0.25) is 4.79 Å². The van der Waals surface area contributed by atoms with Gasteiger partial charge < -0.3 is 9.73 Å². The lowest BCUT2D eigenvalue weighted by molar-refractivity contribution is -0.116. The van der Waals surface area contributed by atoms with E-state index < -0.39 is 0 Å². The van der Waals surface area contributed by atoms with Crippen LogP contribution in [0.15, 0.2) is 63.6 Å². The molecular weight excluding hydrogens is 368 g/mol. The fraction of sp³-hybridized carbons (Fsp3) is 0.158. The molecular formula is C19H17BrN2O2. The third-order valence-electron chi connectivity index (χ3n) is 3.62. The highest BCUT2D eigenvalue weighted by atomic mass is 79.9. The van der Waals surface area contributed by atoms with Crippen molar-refractivity contribution >= 4 is 27.5 Å². The van der Waals surface area contributed by atoms with E-state index in [1.54, 1.807) is 6.20 Å². The van der Waals surface area contributed by atoms with Crippen molar-refractivity contribution in [2.24, 2.45) is 0 Å². The van der Waals surface area contributed by atoms with Gasteiger partial charge in [0, 0.05) is 28.6 Å². The Kier molecular flexibility index (Phi) is 5.11. The number of nitrogens with one attached hydrogen (secondary N) is 1. The first kappa shape index (κ1) is 16.5. The molecule has 1 heterocycles. The minimum absolute atomic E-state index is 0.0591. The first-order valence-corrected chi connectivity index (χ1v) is 8.47. The van der Waals surface area contributed by atoms with E-state index in [2.05, 4.69) is 26.2 Å². The Hall–Kier alpha value is -2.40. The normalized spacial score (nSPS) is 10.6. The van der Waals surface area contributed by atoms with E-state index in [4.69, 9.17) is 4.42 Å². The van der Waals surface area contributed by atoms with Gasteiger partial charge in [0.2, 0.25) is 5.91 Å². The number of carbonyl (C=O) groups excluding carboxylic acids is 1. The second-order valence-electron chi connectivity index (χ2n) is 5.50. The van der Waals surface area contributed by atoms with Crippen molar-refractivity contribution in [2.45, 2.75) is 19.8 Å². The maximum atomic E-state index is 12.1. The number of nitrogens with zero attached hydrogens (tertiary/aromatic N) is 1. The van der Waals surface area contributed by atoms with Gasteiger partial charge in [-0.15, -0.1) is 0 Å². The Morgan fingerprint density at radius 3 is 2.75 bits per heavy atom. The number of anilines is 1. The molecule has 1 aromatic heterocycles. The van der Waals surface area contributed by atoms with E-state index in [-0.39, 0.29) is 5.91 Å². The molecule has 4 nitrogen and oxygen atoms in total. The molecule has 24 heavy (non-hydrogen) atoms. The summed E-state index contributed by atoms with van der Waals surface area (Å²) in [5.74, 6) is 1.22. The molecule has 0 radical (unpaired) electrons. The third kappa shape index (κ3) is 4.11. The van der Waals surface area contributed by atoms with Gasteiger partial charge in [-0.2, -0.15) is 0 Å². The van der Waals surface area contributed by atoms with Crippen LogP contribution in [0.5, 0.6) is 0 Å². The van der Waals surface area contributed by atoms with E-state index >= 15 is 0 Å². The number of aryl methyl sites for hydroxylation is 2. The van der Waals surface area contributed by atoms with Crippen LogP contribution in [0.1, 0.15) is 17.9 Å². The molecule has 122 valence electrons. The molecule has 0 aliphatic carbocycles. The molecule has 3 rings (SSSR count). The molecule has 0 atom stereocenters. The van der Waals surface area contributed by atoms with E-state index in [0.717, 1.165) is 27.0 Å². The molecule has 0 saturated heterocycles. The van der Waals surface area contributed by atoms with Gasteiger partial charge in [0.15, 0.2) is 11.7 Å². The zero-order valence-electron chi connectivity index (χ0n) is 13.3. The lowest BCUT2D eigenvalue weighted by Crippen LogP contribution is -2.12. The first-order valence-electron chi connectivity index (χ1n) is 7.68. The largest absolute Gasteiger partial charge is 0.441 e. The molecule has 5 heteroatoms. The molecule has 0 saturated carbocycles. The molecule has 1 amide bonds. The van der Waals surface area contributed by atoms with Crippen LogP contribution in [0.3, 0.4) is 0 Å². The van der Waals surface area contributed by atoms with Crippen molar-refractivity contribution < 1.29 is 9.21 Å². The Morgan fingerprint density at radius 2 is 2.00 bits per heavy atom. The van der Waals surface area contributed by atoms with Crippen LogP contribution in [0.25, 0.3) is 11.3 Å². The van der Waals surface area contributed by atoms with Crippen molar-refractivity contribution in [2.75, 3.05) is 5.32 Å². The Bertz CT molecular complexity index is 844. The van der Waals surface area contributed by atoms with Crippen LogP contribution in [0, 0.1) is 6.92 Å². The lowest BCUT2D eigenvalue weighted by atomic mass is 10.2. The zero-order valence-corrected chi connectivity index (χ0v) is 14.8. The summed E-state index contributed by atoms with van der Waals surface area (Å²) in [6.45, 7) is 1.98. The van der Waals surface area contributed by atoms with Gasteiger partial charge in [-0.1, -0.05) is 46.3 Å². The molecule has 0 fully saturated rings. The summed E-state index contributed by atoms with van der Waals surface area (Å²) in [4.78, 5) is 16.3. The highest BCUT2D eigenvalue weighted by molar-refractivity contribution is 9.10. The van der Waals surface area contributed by atoms with Crippen molar-refractivity contribution in [3.8, 4) is 11.3 Å². The zero-order chi connectivity index (χ0) is 16.9. The van der Waals surface area contributed by atoms with Gasteiger partial charge in [0.1, 0.15) is 0 Å². The maximum absolute atomic E-state index is 12.1. The number of carbonyl (C=O) groups is 1. The number of aromatic nitrogens is 1. The van der Waals surface area contributed by atoms with E-state index in [0.29, 0.717) is 18.7 Å². The average Bonchev–Trinajstić information content (AvgIpc) is 3.06. The quantitative estimate of drug-likeness (QED) is 0.674. The average molecular weight is 385 g/mol. The third-order valence-corrected chi connectivity index (χ3v) is 4.51. The van der Waals surface area contributed by atoms with E-state index in [1.165, 1.54) is 0 Å². The van der Waals surface area contributed by atoms with E-state index in [9.17, 15) is 4.79 Å². The molecule has 0 aliphatic rings. The summed E-state index contributed by atoms with van der Waals surface area (Å²) < 4.78 is 6.73. The fourth-order valence-corrected chi connectivity index (χ4v) is 2.57. The molecule has 2 aromatic carbocycles. The molecule has 1 N–H and O–H groups in total. The van der Waals surface area contributed by atoms with Crippen LogP contribution < -0.4 is 5.32 Å². The molecule has 0 aliphatic heterocycles. The molecule has 3 aromatic rings. The monoisotopic (exact) mass is 384 g/mol. The van der Waals surface area contributed by atoms with Crippen LogP contribution in [0.2, 0.25) is 0 Å². The lowest BCUT2D eigenvalue weighted by Gasteiger charge is -2.06. The SMILES string of the molecule is Cc1cc(NC(=O)CCc2ncc(-c3ccccc3)o2)ccc1Br. The molecule has 0 bridgehead atoms. The van der Waals surface area contributed by atoms with Crippen LogP contribution in [-0.4, -0.2) is 10.9 Å². The summed E-state index contributed by atoms with van der Waals surface area (Å²) >= 11 is 3.45. The number of hydrogen-bond donors (Lipinski definition) is 1.